The maximum absolute atomic E-state index is 13.6. The van der Waals surface area contributed by atoms with E-state index in [9.17, 15) is 18.8 Å². The van der Waals surface area contributed by atoms with Crippen molar-refractivity contribution in [1.82, 2.24) is 9.47 Å². The summed E-state index contributed by atoms with van der Waals surface area (Å²) < 4.78 is 15.4. The molecule has 1 aromatic heterocycles. The van der Waals surface area contributed by atoms with E-state index in [4.69, 9.17) is 0 Å². The molecular formula is C32H35FN4O3. The Balaban J connectivity index is 1.33. The highest BCUT2D eigenvalue weighted by atomic mass is 19.1. The van der Waals surface area contributed by atoms with E-state index >= 15 is 0 Å². The number of halogens is 1. The zero-order valence-electron chi connectivity index (χ0n) is 23.0. The summed E-state index contributed by atoms with van der Waals surface area (Å²) in [5, 5.41) is 3.02. The normalized spacial score (nSPS) is 23.9. The summed E-state index contributed by atoms with van der Waals surface area (Å²) in [6.07, 6.45) is 2.12. The van der Waals surface area contributed by atoms with Gasteiger partial charge in [-0.1, -0.05) is 19.9 Å². The Morgan fingerprint density at radius 1 is 0.850 bits per heavy atom. The van der Waals surface area contributed by atoms with E-state index in [-0.39, 0.29) is 23.3 Å². The monoisotopic (exact) mass is 542 g/mol. The zero-order chi connectivity index (χ0) is 28.0. The maximum Gasteiger partial charge on any atom is 0.255 e. The van der Waals surface area contributed by atoms with Crippen molar-refractivity contribution >= 4 is 23.2 Å². The topological polar surface area (TPSA) is 74.7 Å². The van der Waals surface area contributed by atoms with Crippen molar-refractivity contribution in [3.63, 3.8) is 0 Å². The van der Waals surface area contributed by atoms with Crippen molar-refractivity contribution in [2.24, 2.45) is 17.8 Å². The van der Waals surface area contributed by atoms with Gasteiger partial charge < -0.3 is 19.7 Å². The van der Waals surface area contributed by atoms with Crippen LogP contribution in [0.25, 0.3) is 0 Å². The molecule has 3 aliphatic heterocycles. The smallest absolute Gasteiger partial charge is 0.255 e. The molecule has 3 aromatic rings. The van der Waals surface area contributed by atoms with Gasteiger partial charge in [-0.2, -0.15) is 0 Å². The summed E-state index contributed by atoms with van der Waals surface area (Å²) in [5.74, 6) is 0.560. The lowest BCUT2D eigenvalue weighted by molar-refractivity contribution is 0.0623. The van der Waals surface area contributed by atoms with Gasteiger partial charge in [-0.05, 0) is 79.1 Å². The van der Waals surface area contributed by atoms with E-state index in [1.54, 1.807) is 12.1 Å². The molecule has 8 heteroatoms. The number of rotatable bonds is 4. The number of carbonyl (C=O) groups excluding carboxylic acids is 2. The number of benzene rings is 2. The predicted octanol–water partition coefficient (Wildman–Crippen LogP) is 4.98. The number of nitrogens with one attached hydrogen (secondary N) is 1. The number of hydrogen-bond acceptors (Lipinski definition) is 4. The minimum Gasteiger partial charge on any atom is -0.369 e. The molecule has 4 heterocycles. The third kappa shape index (κ3) is 5.15. The molecule has 2 fully saturated rings. The average Bonchev–Trinajstić information content (AvgIpc) is 2.93. The molecule has 40 heavy (non-hydrogen) atoms. The number of amides is 2. The van der Waals surface area contributed by atoms with Crippen LogP contribution in [0, 0.1) is 23.6 Å². The van der Waals surface area contributed by atoms with Crippen molar-refractivity contribution < 1.29 is 14.0 Å². The molecule has 3 aliphatic rings. The maximum atomic E-state index is 13.6. The number of likely N-dealkylation sites (tertiary alicyclic amines) is 1. The van der Waals surface area contributed by atoms with Crippen LogP contribution in [0.3, 0.4) is 0 Å². The highest BCUT2D eigenvalue weighted by molar-refractivity contribution is 6.07. The number of nitrogens with zero attached hydrogens (tertiary/aromatic N) is 3. The van der Waals surface area contributed by atoms with Crippen LogP contribution in [0.5, 0.6) is 0 Å². The van der Waals surface area contributed by atoms with Crippen LogP contribution in [-0.2, 0) is 6.54 Å². The lowest BCUT2D eigenvalue weighted by Gasteiger charge is -2.44. The number of fused-ring (bicyclic) bond motifs is 4. The minimum atomic E-state index is -0.408. The zero-order valence-corrected chi connectivity index (χ0v) is 23.0. The molecule has 4 atom stereocenters. The molecule has 2 saturated heterocycles. The van der Waals surface area contributed by atoms with E-state index in [0.717, 1.165) is 43.9 Å². The van der Waals surface area contributed by atoms with Gasteiger partial charge in [0.25, 0.3) is 17.4 Å². The summed E-state index contributed by atoms with van der Waals surface area (Å²) in [6.45, 7) is 7.90. The van der Waals surface area contributed by atoms with Gasteiger partial charge in [-0.15, -0.1) is 0 Å². The van der Waals surface area contributed by atoms with Crippen LogP contribution >= 0.6 is 0 Å². The van der Waals surface area contributed by atoms with E-state index in [2.05, 4.69) is 24.1 Å². The molecule has 4 unspecified atom stereocenters. The van der Waals surface area contributed by atoms with Gasteiger partial charge in [0.1, 0.15) is 5.82 Å². The lowest BCUT2D eigenvalue weighted by Crippen LogP contribution is -2.47. The molecule has 7 nitrogen and oxygen atoms in total. The van der Waals surface area contributed by atoms with Gasteiger partial charge >= 0.3 is 0 Å². The molecule has 0 aliphatic carbocycles. The second-order valence-electron chi connectivity index (χ2n) is 12.0. The fraction of sp³-hybridized carbons (Fsp3) is 0.406. The van der Waals surface area contributed by atoms with Crippen molar-refractivity contribution in [2.75, 3.05) is 36.4 Å². The van der Waals surface area contributed by atoms with E-state index in [1.165, 1.54) is 24.3 Å². The quantitative estimate of drug-likeness (QED) is 0.505. The van der Waals surface area contributed by atoms with Crippen molar-refractivity contribution in [3.8, 4) is 0 Å². The van der Waals surface area contributed by atoms with Crippen molar-refractivity contribution in [2.45, 2.75) is 39.2 Å². The van der Waals surface area contributed by atoms with Crippen LogP contribution in [0.4, 0.5) is 15.8 Å². The van der Waals surface area contributed by atoms with E-state index in [0.29, 0.717) is 47.7 Å². The Morgan fingerprint density at radius 2 is 1.57 bits per heavy atom. The lowest BCUT2D eigenvalue weighted by atomic mass is 9.83. The Labute approximate surface area is 233 Å². The molecule has 6 rings (SSSR count). The SMILES string of the molecule is CC1CC(C)CN(C(=O)c2ccc(N3CC4CC(C3)c3cccc(=O)n3C4)c(NC(=O)c3ccc(F)cc3)c2)C1. The summed E-state index contributed by atoms with van der Waals surface area (Å²) in [7, 11) is 0. The minimum absolute atomic E-state index is 0.0361. The molecule has 1 N–H and O–H groups in total. The van der Waals surface area contributed by atoms with E-state index in [1.807, 2.05) is 33.7 Å². The second-order valence-corrected chi connectivity index (χ2v) is 12.0. The van der Waals surface area contributed by atoms with Gasteiger partial charge in [0.2, 0.25) is 0 Å². The molecule has 208 valence electrons. The fourth-order valence-corrected chi connectivity index (χ4v) is 6.95. The highest BCUT2D eigenvalue weighted by Gasteiger charge is 2.35. The van der Waals surface area contributed by atoms with E-state index < -0.39 is 5.82 Å². The fourth-order valence-electron chi connectivity index (χ4n) is 6.95. The number of piperidine rings is 2. The summed E-state index contributed by atoms with van der Waals surface area (Å²) in [6, 6.07) is 16.5. The highest BCUT2D eigenvalue weighted by Crippen LogP contribution is 2.39. The van der Waals surface area contributed by atoms with Crippen molar-refractivity contribution in [1.29, 1.82) is 0 Å². The number of aromatic nitrogens is 1. The second kappa shape index (κ2) is 10.6. The van der Waals surface area contributed by atoms with Crippen molar-refractivity contribution in [3.05, 3.63) is 93.7 Å². The van der Waals surface area contributed by atoms with Gasteiger partial charge in [-0.25, -0.2) is 4.39 Å². The van der Waals surface area contributed by atoms with Crippen LogP contribution < -0.4 is 15.8 Å². The molecule has 2 bridgehead atoms. The Morgan fingerprint density at radius 3 is 2.33 bits per heavy atom. The number of pyridine rings is 1. The standard InChI is InChI=1S/C32H35FN4O3/c1-20-12-21(2)16-36(15-20)32(40)24-8-11-29(27(14-24)34-31(39)23-6-9-26(33)10-7-23)35-17-22-13-25(19-35)28-4-3-5-30(38)37(28)18-22/h3-11,14,20-22,25H,12-13,15-19H2,1-2H3,(H,34,39). The van der Waals surface area contributed by atoms with Crippen LogP contribution in [0.1, 0.15) is 59.0 Å². The van der Waals surface area contributed by atoms with Gasteiger partial charge in [0.15, 0.2) is 0 Å². The average molecular weight is 543 g/mol. The largest absolute Gasteiger partial charge is 0.369 e. The Hall–Kier alpha value is -3.94. The third-order valence-corrected chi connectivity index (χ3v) is 8.57. The van der Waals surface area contributed by atoms with Crippen LogP contribution in [0.15, 0.2) is 65.5 Å². The van der Waals surface area contributed by atoms with Gasteiger partial charge in [-0.3, -0.25) is 14.4 Å². The Bertz CT molecular complexity index is 1490. The summed E-state index contributed by atoms with van der Waals surface area (Å²) >= 11 is 0. The summed E-state index contributed by atoms with van der Waals surface area (Å²) in [4.78, 5) is 43.5. The van der Waals surface area contributed by atoms with Gasteiger partial charge in [0.05, 0.1) is 11.4 Å². The molecule has 0 saturated carbocycles. The number of hydrogen-bond donors (Lipinski definition) is 1. The first-order chi connectivity index (χ1) is 19.2. The van der Waals surface area contributed by atoms with Gasteiger partial charge in [0, 0.05) is 61.5 Å². The first-order valence-electron chi connectivity index (χ1n) is 14.2. The third-order valence-electron chi connectivity index (χ3n) is 8.57. The first-order valence-corrected chi connectivity index (χ1v) is 14.2. The summed E-state index contributed by atoms with van der Waals surface area (Å²) in [5.41, 5.74) is 3.36. The number of carbonyl (C=O) groups is 2. The number of anilines is 2. The molecular weight excluding hydrogens is 507 g/mol. The molecule has 0 spiro atoms. The molecule has 2 aromatic carbocycles. The molecule has 2 amide bonds. The first kappa shape index (κ1) is 26.3. The molecule has 0 radical (unpaired) electrons. The van der Waals surface area contributed by atoms with Crippen LogP contribution in [0.2, 0.25) is 0 Å². The Kier molecular flexibility index (Phi) is 6.94. The predicted molar refractivity (Wildman–Crippen MR) is 153 cm³/mol. The van der Waals surface area contributed by atoms with Crippen LogP contribution in [-0.4, -0.2) is 47.5 Å².